The van der Waals surface area contributed by atoms with Gasteiger partial charge in [-0.3, -0.25) is 29.1 Å². The number of benzene rings is 2. The molecule has 4 atom stereocenters. The van der Waals surface area contributed by atoms with Crippen molar-refractivity contribution in [3.8, 4) is 0 Å². The lowest BCUT2D eigenvalue weighted by Gasteiger charge is -2.52. The Kier molecular flexibility index (Phi) is 8.05. The van der Waals surface area contributed by atoms with Crippen LogP contribution in [0.25, 0.3) is 0 Å². The number of nitrogens with one attached hydrogen (secondary N) is 2. The van der Waals surface area contributed by atoms with Crippen LogP contribution in [0.1, 0.15) is 44.4 Å². The molecule has 230 valence electrons. The molecule has 6 amide bonds. The van der Waals surface area contributed by atoms with Crippen molar-refractivity contribution in [2.24, 2.45) is 17.8 Å². The molecule has 2 fully saturated rings. The topological polar surface area (TPSA) is 129 Å². The van der Waals surface area contributed by atoms with Crippen LogP contribution in [0.4, 0.5) is 10.5 Å². The van der Waals surface area contributed by atoms with Crippen LogP contribution in [0.3, 0.4) is 0 Å². The molecule has 3 aliphatic rings. The molecule has 10 nitrogen and oxygen atoms in total. The van der Waals surface area contributed by atoms with Gasteiger partial charge in [0.25, 0.3) is 5.91 Å². The van der Waals surface area contributed by atoms with Gasteiger partial charge in [0.1, 0.15) is 5.54 Å². The highest BCUT2D eigenvalue weighted by Crippen LogP contribution is 2.54. The van der Waals surface area contributed by atoms with Crippen LogP contribution in [0, 0.1) is 17.8 Å². The molecule has 2 N–H and O–H groups in total. The highest BCUT2D eigenvalue weighted by Gasteiger charge is 2.66. The molecule has 6 rings (SSSR count). The number of para-hydroxylation sites is 1. The van der Waals surface area contributed by atoms with E-state index in [0.29, 0.717) is 41.8 Å². The van der Waals surface area contributed by atoms with Gasteiger partial charge in [-0.25, -0.2) is 9.69 Å². The van der Waals surface area contributed by atoms with Crippen LogP contribution >= 0.6 is 0 Å². The van der Waals surface area contributed by atoms with Gasteiger partial charge in [0.2, 0.25) is 17.7 Å². The summed E-state index contributed by atoms with van der Waals surface area (Å²) in [5, 5.41) is 5.72. The molecule has 2 aromatic carbocycles. The number of rotatable bonds is 7. The van der Waals surface area contributed by atoms with E-state index in [1.807, 2.05) is 37.3 Å². The second-order valence-electron chi connectivity index (χ2n) is 11.8. The summed E-state index contributed by atoms with van der Waals surface area (Å²) < 4.78 is 0. The first-order valence-corrected chi connectivity index (χ1v) is 15.3. The number of anilines is 1. The number of amides is 6. The van der Waals surface area contributed by atoms with E-state index in [2.05, 4.69) is 15.6 Å². The largest absolute Gasteiger partial charge is 0.350 e. The van der Waals surface area contributed by atoms with Crippen LogP contribution in [-0.4, -0.2) is 45.1 Å². The van der Waals surface area contributed by atoms with Gasteiger partial charge in [-0.05, 0) is 56.0 Å². The van der Waals surface area contributed by atoms with Gasteiger partial charge in [-0.2, -0.15) is 0 Å². The van der Waals surface area contributed by atoms with Crippen molar-refractivity contribution in [1.29, 1.82) is 0 Å². The first-order chi connectivity index (χ1) is 21.8. The second kappa shape index (κ2) is 12.1. The van der Waals surface area contributed by atoms with Gasteiger partial charge in [-0.1, -0.05) is 67.1 Å². The summed E-state index contributed by atoms with van der Waals surface area (Å²) in [6.07, 6.45) is 2.64. The smallest absolute Gasteiger partial charge is 0.325 e. The van der Waals surface area contributed by atoms with E-state index in [9.17, 15) is 24.0 Å². The molecule has 1 saturated heterocycles. The Hall–Kier alpha value is -5.12. The van der Waals surface area contributed by atoms with Crippen LogP contribution in [0.5, 0.6) is 0 Å². The zero-order chi connectivity index (χ0) is 31.7. The summed E-state index contributed by atoms with van der Waals surface area (Å²) in [5.74, 6) is -4.45. The second-order valence-corrected chi connectivity index (χ2v) is 11.8. The van der Waals surface area contributed by atoms with Gasteiger partial charge >= 0.3 is 6.03 Å². The van der Waals surface area contributed by atoms with Crippen molar-refractivity contribution >= 4 is 35.3 Å². The molecule has 1 aliphatic carbocycles. The van der Waals surface area contributed by atoms with Crippen LogP contribution in [0.2, 0.25) is 0 Å². The number of hydrogen-bond acceptors (Lipinski definition) is 6. The minimum Gasteiger partial charge on any atom is -0.350 e. The molecule has 45 heavy (non-hydrogen) atoms. The van der Waals surface area contributed by atoms with E-state index in [1.54, 1.807) is 61.7 Å². The summed E-state index contributed by atoms with van der Waals surface area (Å²) in [5.41, 5.74) is 1.11. The number of imide groups is 2. The highest BCUT2D eigenvalue weighted by atomic mass is 16.2. The Morgan fingerprint density at radius 2 is 1.58 bits per heavy atom. The fraction of sp³-hybridized carbons (Fsp3) is 0.314. The van der Waals surface area contributed by atoms with Gasteiger partial charge < -0.3 is 10.6 Å². The SMILES string of the molecule is CCC1=C2CC[C@H]3C(=O)N(c4ccccc4)C(=O)[C@H]3[C@H]2[C@@](C)(C(=O)NCc2ccccc2)N(C(=O)NCc2ccccn2)C1=O. The Morgan fingerprint density at radius 1 is 0.889 bits per heavy atom. The molecular formula is C35H35N5O5. The average molecular weight is 606 g/mol. The van der Waals surface area contributed by atoms with Gasteiger partial charge in [-0.15, -0.1) is 0 Å². The fourth-order valence-corrected chi connectivity index (χ4v) is 7.22. The summed E-state index contributed by atoms with van der Waals surface area (Å²) in [7, 11) is 0. The van der Waals surface area contributed by atoms with Crippen molar-refractivity contribution in [3.05, 3.63) is 107 Å². The fourth-order valence-electron chi connectivity index (χ4n) is 7.22. The number of carbonyl (C=O) groups excluding carboxylic acids is 5. The molecule has 2 aliphatic heterocycles. The maximum Gasteiger partial charge on any atom is 0.325 e. The van der Waals surface area contributed by atoms with Crippen molar-refractivity contribution in [3.63, 3.8) is 0 Å². The standard InChI is InChI=1S/C35H35N5O5/c1-3-25-26-17-18-27-28(32(43)39(30(27)41)24-15-8-5-9-16-24)29(26)35(2,33(44)37-20-22-12-6-4-7-13-22)40(31(25)42)34(45)38-21-23-14-10-11-19-36-23/h4-16,19,27-29H,3,17-18,20-21H2,1-2H3,(H,37,44)(H,38,45)/t27-,28-,29+,35+/m1/s1. The quantitative estimate of drug-likeness (QED) is 0.390. The molecule has 0 spiro atoms. The van der Waals surface area contributed by atoms with Crippen LogP contribution in [-0.2, 0) is 32.3 Å². The molecule has 0 bridgehead atoms. The lowest BCUT2D eigenvalue weighted by Crippen LogP contribution is -2.71. The molecule has 10 heteroatoms. The normalized spacial score (nSPS) is 24.3. The molecular weight excluding hydrogens is 570 g/mol. The number of carbonyl (C=O) groups is 5. The minimum absolute atomic E-state index is 0.0269. The summed E-state index contributed by atoms with van der Waals surface area (Å²) in [6, 6.07) is 22.5. The van der Waals surface area contributed by atoms with E-state index in [4.69, 9.17) is 0 Å². The van der Waals surface area contributed by atoms with Gasteiger partial charge in [0.15, 0.2) is 0 Å². The molecule has 1 aromatic heterocycles. The zero-order valence-corrected chi connectivity index (χ0v) is 25.2. The number of nitrogens with zero attached hydrogens (tertiary/aromatic N) is 3. The summed E-state index contributed by atoms with van der Waals surface area (Å²) >= 11 is 0. The van der Waals surface area contributed by atoms with E-state index >= 15 is 0 Å². The van der Waals surface area contributed by atoms with E-state index < -0.39 is 47.0 Å². The number of urea groups is 1. The van der Waals surface area contributed by atoms with Crippen molar-refractivity contribution in [2.75, 3.05) is 4.90 Å². The Balaban J connectivity index is 1.44. The van der Waals surface area contributed by atoms with Crippen molar-refractivity contribution in [1.82, 2.24) is 20.5 Å². The molecule has 3 heterocycles. The van der Waals surface area contributed by atoms with E-state index in [0.717, 1.165) is 10.5 Å². The number of aromatic nitrogens is 1. The third kappa shape index (κ3) is 5.09. The predicted octanol–water partition coefficient (Wildman–Crippen LogP) is 4.13. The maximum atomic E-state index is 14.5. The number of hydrogen-bond donors (Lipinski definition) is 2. The lowest BCUT2D eigenvalue weighted by atomic mass is 9.59. The predicted molar refractivity (Wildman–Crippen MR) is 166 cm³/mol. The first kappa shape index (κ1) is 29.9. The Morgan fingerprint density at radius 3 is 2.24 bits per heavy atom. The summed E-state index contributed by atoms with van der Waals surface area (Å²) in [4.78, 5) is 77.3. The molecule has 0 unspecified atom stereocenters. The zero-order valence-electron chi connectivity index (χ0n) is 25.2. The number of fused-ring (bicyclic) bond motifs is 3. The summed E-state index contributed by atoms with van der Waals surface area (Å²) in [6.45, 7) is 3.55. The van der Waals surface area contributed by atoms with Crippen molar-refractivity contribution in [2.45, 2.75) is 51.7 Å². The Bertz CT molecular complexity index is 1680. The minimum atomic E-state index is -1.82. The molecule has 1 saturated carbocycles. The average Bonchev–Trinajstić information content (AvgIpc) is 3.32. The monoisotopic (exact) mass is 605 g/mol. The van der Waals surface area contributed by atoms with Gasteiger partial charge in [0.05, 0.1) is 29.8 Å². The highest BCUT2D eigenvalue weighted by molar-refractivity contribution is 6.23. The third-order valence-electron chi connectivity index (χ3n) is 9.33. The maximum absolute atomic E-state index is 14.5. The van der Waals surface area contributed by atoms with Gasteiger partial charge in [0, 0.05) is 24.2 Å². The third-order valence-corrected chi connectivity index (χ3v) is 9.33. The van der Waals surface area contributed by atoms with E-state index in [-0.39, 0.29) is 19.0 Å². The van der Waals surface area contributed by atoms with E-state index in [1.165, 1.54) is 4.90 Å². The van der Waals surface area contributed by atoms with Crippen LogP contribution in [0.15, 0.2) is 96.2 Å². The van der Waals surface area contributed by atoms with Crippen molar-refractivity contribution < 1.29 is 24.0 Å². The van der Waals surface area contributed by atoms with Crippen LogP contribution < -0.4 is 15.5 Å². The first-order valence-electron chi connectivity index (χ1n) is 15.3. The number of pyridine rings is 1. The molecule has 0 radical (unpaired) electrons. The molecule has 3 aromatic rings. The lowest BCUT2D eigenvalue weighted by molar-refractivity contribution is -0.149. The Labute approximate surface area is 261 Å².